The van der Waals surface area contributed by atoms with Crippen LogP contribution in [-0.2, 0) is 6.42 Å². The highest BCUT2D eigenvalue weighted by Gasteiger charge is 2.01. The molecule has 2 aromatic heterocycles. The Morgan fingerprint density at radius 3 is 3.08 bits per heavy atom. The first kappa shape index (κ1) is 8.19. The van der Waals surface area contributed by atoms with E-state index in [9.17, 15) is 0 Å². The molecule has 0 unspecified atom stereocenters. The van der Waals surface area contributed by atoms with Crippen LogP contribution >= 0.6 is 0 Å². The summed E-state index contributed by atoms with van der Waals surface area (Å²) in [6.45, 7) is 2.10. The second kappa shape index (κ2) is 3.14. The predicted octanol–water partition coefficient (Wildman–Crippen LogP) is 0.573. The monoisotopic (exact) mass is 177 g/mol. The van der Waals surface area contributed by atoms with E-state index >= 15 is 0 Å². The van der Waals surface area contributed by atoms with Gasteiger partial charge in [0.25, 0.3) is 0 Å². The third-order valence-corrected chi connectivity index (χ3v) is 1.86. The molecule has 2 heterocycles. The summed E-state index contributed by atoms with van der Waals surface area (Å²) in [7, 11) is 0. The molecule has 68 valence electrons. The second-order valence-electron chi connectivity index (χ2n) is 3.01. The summed E-state index contributed by atoms with van der Waals surface area (Å²) in [5.74, 6) is 0.688. The quantitative estimate of drug-likeness (QED) is 0.729. The Morgan fingerprint density at radius 2 is 2.31 bits per heavy atom. The summed E-state index contributed by atoms with van der Waals surface area (Å²) in [6.07, 6.45) is 2.43. The Kier molecular flexibility index (Phi) is 1.98. The van der Waals surface area contributed by atoms with E-state index in [1.54, 1.807) is 4.52 Å². The summed E-state index contributed by atoms with van der Waals surface area (Å²) in [6, 6.07) is 3.91. The lowest BCUT2D eigenvalue weighted by Gasteiger charge is -1.91. The van der Waals surface area contributed by atoms with E-state index in [-0.39, 0.29) is 6.61 Å². The number of aliphatic hydroxyl groups is 1. The van der Waals surface area contributed by atoms with Crippen molar-refractivity contribution in [2.45, 2.75) is 13.3 Å². The van der Waals surface area contributed by atoms with E-state index in [1.165, 1.54) is 0 Å². The lowest BCUT2D eigenvalue weighted by atomic mass is 10.3. The maximum Gasteiger partial charge on any atom is 0.155 e. The van der Waals surface area contributed by atoms with Gasteiger partial charge in [0.2, 0.25) is 0 Å². The lowest BCUT2D eigenvalue weighted by molar-refractivity contribution is 0.296. The fourth-order valence-electron chi connectivity index (χ4n) is 1.24. The van der Waals surface area contributed by atoms with Gasteiger partial charge in [0.15, 0.2) is 11.5 Å². The first-order chi connectivity index (χ1) is 6.29. The zero-order valence-corrected chi connectivity index (χ0v) is 7.44. The predicted molar refractivity (Wildman–Crippen MR) is 48.5 cm³/mol. The van der Waals surface area contributed by atoms with Crippen LogP contribution in [-0.4, -0.2) is 26.3 Å². The molecule has 0 aromatic carbocycles. The van der Waals surface area contributed by atoms with Crippen molar-refractivity contribution in [3.8, 4) is 0 Å². The molecule has 0 spiro atoms. The maximum atomic E-state index is 8.71. The van der Waals surface area contributed by atoms with Gasteiger partial charge in [-0.15, -0.1) is 0 Å². The molecule has 2 rings (SSSR count). The Balaban J connectivity index is 2.49. The van der Waals surface area contributed by atoms with Gasteiger partial charge in [-0.2, -0.15) is 5.10 Å². The molecule has 0 aliphatic rings. The molecule has 0 saturated heterocycles. The van der Waals surface area contributed by atoms with Gasteiger partial charge in [-0.25, -0.2) is 9.50 Å². The van der Waals surface area contributed by atoms with Crippen LogP contribution in [0.15, 0.2) is 18.3 Å². The number of aryl methyl sites for hydroxylation is 1. The number of aromatic nitrogens is 3. The van der Waals surface area contributed by atoms with Gasteiger partial charge in [-0.1, -0.05) is 6.07 Å². The van der Waals surface area contributed by atoms with Crippen molar-refractivity contribution in [2.24, 2.45) is 0 Å². The van der Waals surface area contributed by atoms with Crippen molar-refractivity contribution in [1.82, 2.24) is 14.6 Å². The van der Waals surface area contributed by atoms with Crippen molar-refractivity contribution in [3.63, 3.8) is 0 Å². The van der Waals surface area contributed by atoms with Crippen LogP contribution in [0.5, 0.6) is 0 Å². The van der Waals surface area contributed by atoms with Crippen LogP contribution in [0, 0.1) is 6.92 Å². The first-order valence-electron chi connectivity index (χ1n) is 4.22. The largest absolute Gasteiger partial charge is 0.396 e. The molecule has 0 fully saturated rings. The van der Waals surface area contributed by atoms with Crippen LogP contribution in [0.2, 0.25) is 0 Å². The van der Waals surface area contributed by atoms with Crippen LogP contribution in [0.3, 0.4) is 0 Å². The summed E-state index contributed by atoms with van der Waals surface area (Å²) in [4.78, 5) is 4.24. The molecule has 0 aliphatic heterocycles. The van der Waals surface area contributed by atoms with E-state index in [1.807, 2.05) is 25.3 Å². The highest BCUT2D eigenvalue weighted by molar-refractivity contribution is 5.38. The highest BCUT2D eigenvalue weighted by Crippen LogP contribution is 2.03. The topological polar surface area (TPSA) is 50.4 Å². The summed E-state index contributed by atoms with van der Waals surface area (Å²) in [5.41, 5.74) is 1.97. The van der Waals surface area contributed by atoms with Gasteiger partial charge in [-0.3, -0.25) is 0 Å². The Labute approximate surface area is 75.8 Å². The van der Waals surface area contributed by atoms with E-state index in [0.717, 1.165) is 11.2 Å². The minimum absolute atomic E-state index is 0.0931. The Hall–Kier alpha value is -1.42. The standard InChI is InChI=1S/C9H11N3O/c1-7-2-3-9-10-8(4-5-13)11-12(9)6-7/h2-3,6,13H,4-5H2,1H3. The molecule has 0 radical (unpaired) electrons. The molecule has 4 heteroatoms. The molecule has 0 amide bonds. The van der Waals surface area contributed by atoms with Crippen LogP contribution in [0.1, 0.15) is 11.4 Å². The van der Waals surface area contributed by atoms with Crippen molar-refractivity contribution in [2.75, 3.05) is 6.61 Å². The second-order valence-corrected chi connectivity index (χ2v) is 3.01. The van der Waals surface area contributed by atoms with Gasteiger partial charge in [0, 0.05) is 12.6 Å². The highest BCUT2D eigenvalue weighted by atomic mass is 16.3. The van der Waals surface area contributed by atoms with Crippen LogP contribution in [0.4, 0.5) is 0 Å². The number of hydrogen-bond acceptors (Lipinski definition) is 3. The number of rotatable bonds is 2. The fourth-order valence-corrected chi connectivity index (χ4v) is 1.24. The molecule has 2 aromatic rings. The van der Waals surface area contributed by atoms with E-state index in [0.29, 0.717) is 12.2 Å². The third kappa shape index (κ3) is 1.53. The number of pyridine rings is 1. The van der Waals surface area contributed by atoms with Crippen molar-refractivity contribution >= 4 is 5.65 Å². The van der Waals surface area contributed by atoms with Gasteiger partial charge in [0.05, 0.1) is 6.61 Å². The molecule has 0 saturated carbocycles. The normalized spacial score (nSPS) is 10.9. The smallest absolute Gasteiger partial charge is 0.155 e. The third-order valence-electron chi connectivity index (χ3n) is 1.86. The molecule has 13 heavy (non-hydrogen) atoms. The number of nitrogens with zero attached hydrogens (tertiary/aromatic N) is 3. The Bertz CT molecular complexity index is 422. The van der Waals surface area contributed by atoms with Gasteiger partial charge in [-0.05, 0) is 18.6 Å². The van der Waals surface area contributed by atoms with E-state index in [2.05, 4.69) is 10.1 Å². The maximum absolute atomic E-state index is 8.71. The first-order valence-corrected chi connectivity index (χ1v) is 4.22. The van der Waals surface area contributed by atoms with Gasteiger partial charge in [0.1, 0.15) is 0 Å². The SMILES string of the molecule is Cc1ccc2nc(CCO)nn2c1. The molecule has 4 nitrogen and oxygen atoms in total. The minimum atomic E-state index is 0.0931. The average molecular weight is 177 g/mol. The fraction of sp³-hybridized carbons (Fsp3) is 0.333. The summed E-state index contributed by atoms with van der Waals surface area (Å²) >= 11 is 0. The van der Waals surface area contributed by atoms with Gasteiger partial charge >= 0.3 is 0 Å². The molecule has 1 N–H and O–H groups in total. The van der Waals surface area contributed by atoms with Crippen molar-refractivity contribution in [1.29, 1.82) is 0 Å². The molecule has 0 atom stereocenters. The Morgan fingerprint density at radius 1 is 1.46 bits per heavy atom. The number of hydrogen-bond donors (Lipinski definition) is 1. The summed E-state index contributed by atoms with van der Waals surface area (Å²) in [5, 5.41) is 12.9. The zero-order chi connectivity index (χ0) is 9.26. The van der Waals surface area contributed by atoms with E-state index in [4.69, 9.17) is 5.11 Å². The summed E-state index contributed by atoms with van der Waals surface area (Å²) < 4.78 is 1.74. The van der Waals surface area contributed by atoms with Crippen LogP contribution < -0.4 is 0 Å². The van der Waals surface area contributed by atoms with Crippen molar-refractivity contribution in [3.05, 3.63) is 29.7 Å². The number of fused-ring (bicyclic) bond motifs is 1. The van der Waals surface area contributed by atoms with Crippen LogP contribution in [0.25, 0.3) is 5.65 Å². The molecular weight excluding hydrogens is 166 g/mol. The molecule has 0 bridgehead atoms. The number of aliphatic hydroxyl groups excluding tert-OH is 1. The minimum Gasteiger partial charge on any atom is -0.396 e. The van der Waals surface area contributed by atoms with Gasteiger partial charge < -0.3 is 5.11 Å². The van der Waals surface area contributed by atoms with E-state index < -0.39 is 0 Å². The average Bonchev–Trinajstić information content (AvgIpc) is 2.46. The molecular formula is C9H11N3O. The molecule has 0 aliphatic carbocycles. The zero-order valence-electron chi connectivity index (χ0n) is 7.44. The van der Waals surface area contributed by atoms with Crippen molar-refractivity contribution < 1.29 is 5.11 Å². The lowest BCUT2D eigenvalue weighted by Crippen LogP contribution is -1.93.